The van der Waals surface area contributed by atoms with Crippen LogP contribution in [0.1, 0.15) is 50.2 Å². The van der Waals surface area contributed by atoms with Gasteiger partial charge in [-0.15, -0.1) is 0 Å². The number of aromatic nitrogens is 2. The van der Waals surface area contributed by atoms with E-state index in [4.69, 9.17) is 18.8 Å². The fourth-order valence-electron chi connectivity index (χ4n) is 2.96. The predicted octanol–water partition coefficient (Wildman–Crippen LogP) is 2.10. The van der Waals surface area contributed by atoms with Gasteiger partial charge in [-0.2, -0.15) is 5.10 Å². The predicted molar refractivity (Wildman–Crippen MR) is 110 cm³/mol. The van der Waals surface area contributed by atoms with Crippen LogP contribution in [0.5, 0.6) is 0 Å². The number of benzene rings is 1. The second-order valence-corrected chi connectivity index (χ2v) is 8.15. The van der Waals surface area contributed by atoms with Crippen LogP contribution in [0, 0.1) is 0 Å². The van der Waals surface area contributed by atoms with Crippen LogP contribution in [-0.4, -0.2) is 47.1 Å². The monoisotopic (exact) mass is 414 g/mol. The number of methoxy groups -OCH3 is 1. The Morgan fingerprint density at radius 3 is 2.33 bits per heavy atom. The van der Waals surface area contributed by atoms with Crippen LogP contribution in [0.25, 0.3) is 0 Å². The highest BCUT2D eigenvalue weighted by molar-refractivity contribution is 6.61. The summed E-state index contributed by atoms with van der Waals surface area (Å²) in [7, 11) is 0.576. The van der Waals surface area contributed by atoms with Crippen molar-refractivity contribution in [2.75, 3.05) is 7.11 Å². The Balaban J connectivity index is 1.68. The smallest absolute Gasteiger partial charge is 0.464 e. The maximum Gasteiger partial charge on any atom is 0.516 e. The molecule has 8 nitrogen and oxygen atoms in total. The van der Waals surface area contributed by atoms with E-state index in [0.717, 1.165) is 5.56 Å². The van der Waals surface area contributed by atoms with Crippen LogP contribution in [0.2, 0.25) is 0 Å². The molecule has 2 aromatic rings. The molecule has 160 valence electrons. The minimum atomic E-state index is -0.718. The van der Waals surface area contributed by atoms with Crippen molar-refractivity contribution < 1.29 is 28.4 Å². The summed E-state index contributed by atoms with van der Waals surface area (Å²) in [5, 5.41) is 4.44. The molecule has 1 aliphatic heterocycles. The van der Waals surface area contributed by atoms with Crippen LogP contribution < -0.4 is 5.59 Å². The molecule has 0 bridgehead atoms. The summed E-state index contributed by atoms with van der Waals surface area (Å²) in [5.41, 5.74) is 0.510. The number of ether oxygens (including phenoxy) is 2. The Labute approximate surface area is 176 Å². The molecule has 0 atom stereocenters. The Morgan fingerprint density at radius 1 is 1.10 bits per heavy atom. The average molecular weight is 414 g/mol. The third-order valence-corrected chi connectivity index (χ3v) is 5.46. The van der Waals surface area contributed by atoms with E-state index in [1.54, 1.807) is 6.07 Å². The van der Waals surface area contributed by atoms with E-state index < -0.39 is 24.3 Å². The third-order valence-electron chi connectivity index (χ3n) is 5.46. The minimum absolute atomic E-state index is 0.0569. The number of carbonyl (C=O) groups excluding carboxylic acids is 2. The van der Waals surface area contributed by atoms with Crippen LogP contribution in [0.4, 0.5) is 0 Å². The van der Waals surface area contributed by atoms with Gasteiger partial charge < -0.3 is 18.8 Å². The Bertz CT molecular complexity index is 893. The maximum atomic E-state index is 12.2. The van der Waals surface area contributed by atoms with Crippen molar-refractivity contribution in [3.8, 4) is 0 Å². The molecule has 0 radical (unpaired) electrons. The van der Waals surface area contributed by atoms with E-state index in [-0.39, 0.29) is 31.2 Å². The van der Waals surface area contributed by atoms with Crippen molar-refractivity contribution in [1.29, 1.82) is 0 Å². The Kier molecular flexibility index (Phi) is 6.33. The topological polar surface area (TPSA) is 88.9 Å². The Hall–Kier alpha value is -2.65. The molecule has 1 aliphatic rings. The fraction of sp³-hybridized carbons (Fsp3) is 0.476. The molecular formula is C21H27BN2O6. The van der Waals surface area contributed by atoms with Gasteiger partial charge in [0.05, 0.1) is 36.9 Å². The molecule has 3 rings (SSSR count). The van der Waals surface area contributed by atoms with Crippen molar-refractivity contribution in [3.63, 3.8) is 0 Å². The van der Waals surface area contributed by atoms with Crippen molar-refractivity contribution in [1.82, 2.24) is 9.78 Å². The zero-order chi connectivity index (χ0) is 21.9. The molecule has 1 aromatic carbocycles. The molecule has 0 amide bonds. The molecule has 2 heterocycles. The minimum Gasteiger partial charge on any atom is -0.464 e. The van der Waals surface area contributed by atoms with Crippen molar-refractivity contribution in [3.05, 3.63) is 47.7 Å². The third kappa shape index (κ3) is 4.74. The first-order valence-electron chi connectivity index (χ1n) is 9.84. The van der Waals surface area contributed by atoms with E-state index in [1.165, 1.54) is 11.8 Å². The number of esters is 2. The summed E-state index contributed by atoms with van der Waals surface area (Å²) < 4.78 is 23.6. The van der Waals surface area contributed by atoms with Gasteiger partial charge in [0.2, 0.25) is 0 Å². The molecule has 0 unspecified atom stereocenters. The highest BCUT2D eigenvalue weighted by Crippen LogP contribution is 2.36. The number of hydrogen-bond donors (Lipinski definition) is 0. The van der Waals surface area contributed by atoms with Gasteiger partial charge in [-0.05, 0) is 39.3 Å². The number of rotatable bonds is 7. The van der Waals surface area contributed by atoms with E-state index in [1.807, 2.05) is 58.0 Å². The highest BCUT2D eigenvalue weighted by atomic mass is 16.7. The van der Waals surface area contributed by atoms with Gasteiger partial charge in [-0.25, -0.2) is 4.79 Å². The molecule has 0 N–H and O–H groups in total. The van der Waals surface area contributed by atoms with Crippen LogP contribution >= 0.6 is 0 Å². The van der Waals surface area contributed by atoms with Crippen LogP contribution in [0.15, 0.2) is 36.4 Å². The summed E-state index contributed by atoms with van der Waals surface area (Å²) in [4.78, 5) is 24.3. The zero-order valence-electron chi connectivity index (χ0n) is 18.0. The lowest BCUT2D eigenvalue weighted by Crippen LogP contribution is -2.41. The normalized spacial score (nSPS) is 17.0. The number of carbonyl (C=O) groups is 2. The number of hydrogen-bond acceptors (Lipinski definition) is 7. The highest BCUT2D eigenvalue weighted by Gasteiger charge is 2.53. The standard InChI is InChI=1S/C21H27BN2O6/c1-20(2)21(3,4)30-22(29-20)17-13-16(19(26)27-5)24(23-17)12-11-18(25)28-14-15-9-7-6-8-10-15/h6-10,13H,11-12,14H2,1-5H3. The van der Waals surface area contributed by atoms with Gasteiger partial charge >= 0.3 is 19.1 Å². The number of nitrogens with zero attached hydrogens (tertiary/aromatic N) is 2. The van der Waals surface area contributed by atoms with Gasteiger partial charge in [-0.3, -0.25) is 9.48 Å². The van der Waals surface area contributed by atoms with Crippen molar-refractivity contribution in [2.45, 2.75) is 58.5 Å². The molecule has 9 heteroatoms. The van der Waals surface area contributed by atoms with Gasteiger partial charge in [0, 0.05) is 0 Å². The largest absolute Gasteiger partial charge is 0.516 e. The van der Waals surface area contributed by atoms with Crippen LogP contribution in [0.3, 0.4) is 0 Å². The quantitative estimate of drug-likeness (QED) is 0.507. The molecule has 1 fully saturated rings. The molecule has 1 aromatic heterocycles. The first-order valence-corrected chi connectivity index (χ1v) is 9.84. The van der Waals surface area contributed by atoms with Crippen molar-refractivity contribution in [2.24, 2.45) is 0 Å². The second-order valence-electron chi connectivity index (χ2n) is 8.15. The summed E-state index contributed by atoms with van der Waals surface area (Å²) in [6, 6.07) is 11.0. The van der Waals surface area contributed by atoms with Gasteiger partial charge in [0.1, 0.15) is 12.3 Å². The van der Waals surface area contributed by atoms with E-state index in [2.05, 4.69) is 5.10 Å². The summed E-state index contributed by atoms with van der Waals surface area (Å²) in [5.74, 6) is -0.940. The molecule has 0 spiro atoms. The molecule has 1 saturated heterocycles. The molecule has 30 heavy (non-hydrogen) atoms. The fourth-order valence-corrected chi connectivity index (χ4v) is 2.96. The SMILES string of the molecule is COC(=O)c1cc(B2OC(C)(C)C(C)(C)O2)nn1CCC(=O)OCc1ccccc1. The van der Waals surface area contributed by atoms with Gasteiger partial charge in [-0.1, -0.05) is 30.3 Å². The van der Waals surface area contributed by atoms with Gasteiger partial charge in [0.25, 0.3) is 0 Å². The average Bonchev–Trinajstić information content (AvgIpc) is 3.23. The van der Waals surface area contributed by atoms with Crippen LogP contribution in [-0.2, 0) is 36.7 Å². The first kappa shape index (κ1) is 22.0. The van der Waals surface area contributed by atoms with E-state index in [9.17, 15) is 9.59 Å². The molecule has 0 aliphatic carbocycles. The summed E-state index contributed by atoms with van der Waals surface area (Å²) in [6.45, 7) is 8.11. The second kappa shape index (κ2) is 8.61. The lowest BCUT2D eigenvalue weighted by molar-refractivity contribution is -0.145. The lowest BCUT2D eigenvalue weighted by Gasteiger charge is -2.32. The zero-order valence-corrected chi connectivity index (χ0v) is 18.0. The number of aryl methyl sites for hydroxylation is 1. The van der Waals surface area contributed by atoms with Crippen molar-refractivity contribution >= 4 is 24.7 Å². The summed E-state index contributed by atoms with van der Waals surface area (Å²) in [6.07, 6.45) is 0.0569. The molecule has 0 saturated carbocycles. The van der Waals surface area contributed by atoms with E-state index >= 15 is 0 Å². The van der Waals surface area contributed by atoms with Gasteiger partial charge in [0.15, 0.2) is 0 Å². The molecular weight excluding hydrogens is 387 g/mol. The maximum absolute atomic E-state index is 12.2. The first-order chi connectivity index (χ1) is 14.1. The summed E-state index contributed by atoms with van der Waals surface area (Å²) >= 11 is 0. The lowest BCUT2D eigenvalue weighted by atomic mass is 9.85. The van der Waals surface area contributed by atoms with E-state index in [0.29, 0.717) is 5.59 Å². The Morgan fingerprint density at radius 2 is 1.73 bits per heavy atom.